The molecule has 1 heterocycles. The number of halogens is 1. The predicted octanol–water partition coefficient (Wildman–Crippen LogP) is 1.61. The molecule has 0 amide bonds. The molecule has 0 aliphatic carbocycles. The van der Waals surface area contributed by atoms with Crippen LogP contribution in [0.25, 0.3) is 0 Å². The molecule has 2 rings (SSSR count). The van der Waals surface area contributed by atoms with Crippen LogP contribution in [0.4, 0.5) is 4.39 Å². The summed E-state index contributed by atoms with van der Waals surface area (Å²) in [5.41, 5.74) is 0.824. The van der Waals surface area contributed by atoms with Crippen molar-refractivity contribution >= 4 is 6.21 Å². The zero-order valence-corrected chi connectivity index (χ0v) is 8.13. The second kappa shape index (κ2) is 4.00. The van der Waals surface area contributed by atoms with E-state index in [1.54, 1.807) is 29.9 Å². The van der Waals surface area contributed by atoms with Crippen LogP contribution in [0, 0.1) is 12.7 Å². The van der Waals surface area contributed by atoms with Gasteiger partial charge in [-0.3, -0.25) is 0 Å². The Balaban J connectivity index is 2.19. The minimum atomic E-state index is -0.257. The molecule has 4 nitrogen and oxygen atoms in total. The van der Waals surface area contributed by atoms with Gasteiger partial charge in [0.25, 0.3) is 0 Å². The van der Waals surface area contributed by atoms with Gasteiger partial charge < -0.3 is 0 Å². The molecule has 0 radical (unpaired) electrons. The second-order valence-corrected chi connectivity index (χ2v) is 3.02. The highest BCUT2D eigenvalue weighted by molar-refractivity contribution is 5.79. The summed E-state index contributed by atoms with van der Waals surface area (Å²) in [6.45, 7) is 1.80. The van der Waals surface area contributed by atoms with Gasteiger partial charge in [-0.1, -0.05) is 12.1 Å². The van der Waals surface area contributed by atoms with Crippen molar-refractivity contribution in [2.45, 2.75) is 6.92 Å². The van der Waals surface area contributed by atoms with Crippen molar-refractivity contribution in [1.82, 2.24) is 14.9 Å². The zero-order valence-electron chi connectivity index (χ0n) is 8.13. The maximum absolute atomic E-state index is 12.6. The van der Waals surface area contributed by atoms with Gasteiger partial charge in [0.05, 0.1) is 6.21 Å². The first-order valence-corrected chi connectivity index (χ1v) is 4.42. The molecule has 0 N–H and O–H groups in total. The lowest BCUT2D eigenvalue weighted by Gasteiger charge is -1.94. The highest BCUT2D eigenvalue weighted by Gasteiger charge is 1.94. The summed E-state index contributed by atoms with van der Waals surface area (Å²) >= 11 is 0. The quantitative estimate of drug-likeness (QED) is 0.697. The zero-order chi connectivity index (χ0) is 10.7. The number of hydrogen-bond acceptors (Lipinski definition) is 3. The van der Waals surface area contributed by atoms with Gasteiger partial charge in [-0.15, -0.1) is 10.2 Å². The fourth-order valence-corrected chi connectivity index (χ4v) is 1.08. The van der Waals surface area contributed by atoms with E-state index in [1.807, 2.05) is 0 Å². The molecule has 1 aromatic heterocycles. The Morgan fingerprint density at radius 1 is 1.33 bits per heavy atom. The lowest BCUT2D eigenvalue weighted by molar-refractivity contribution is 0.628. The fraction of sp³-hybridized carbons (Fsp3) is 0.100. The van der Waals surface area contributed by atoms with Crippen molar-refractivity contribution in [2.75, 3.05) is 0 Å². The molecule has 0 aliphatic heterocycles. The Bertz CT molecular complexity index is 472. The summed E-state index contributed by atoms with van der Waals surface area (Å²) in [7, 11) is 0. The lowest BCUT2D eigenvalue weighted by atomic mass is 10.2. The Labute approximate surface area is 86.1 Å². The first kappa shape index (κ1) is 9.51. The van der Waals surface area contributed by atoms with Crippen molar-refractivity contribution in [2.24, 2.45) is 5.10 Å². The van der Waals surface area contributed by atoms with E-state index in [1.165, 1.54) is 18.5 Å². The monoisotopic (exact) mass is 204 g/mol. The number of rotatable bonds is 2. The van der Waals surface area contributed by atoms with Gasteiger partial charge in [-0.05, 0) is 24.6 Å². The van der Waals surface area contributed by atoms with Crippen LogP contribution in [0.1, 0.15) is 11.4 Å². The smallest absolute Gasteiger partial charge is 0.151 e. The number of aryl methyl sites for hydroxylation is 1. The molecule has 2 aromatic rings. The number of aromatic nitrogens is 3. The lowest BCUT2D eigenvalue weighted by Crippen LogP contribution is -1.92. The highest BCUT2D eigenvalue weighted by Crippen LogP contribution is 2.00. The van der Waals surface area contributed by atoms with Crippen molar-refractivity contribution in [3.8, 4) is 0 Å². The van der Waals surface area contributed by atoms with Crippen LogP contribution >= 0.6 is 0 Å². The van der Waals surface area contributed by atoms with Gasteiger partial charge in [-0.2, -0.15) is 5.10 Å². The number of nitrogens with zero attached hydrogens (tertiary/aromatic N) is 4. The van der Waals surface area contributed by atoms with E-state index in [9.17, 15) is 4.39 Å². The average molecular weight is 204 g/mol. The molecule has 0 spiro atoms. The highest BCUT2D eigenvalue weighted by atomic mass is 19.1. The molecule has 0 bridgehead atoms. The van der Waals surface area contributed by atoms with E-state index in [0.29, 0.717) is 5.82 Å². The van der Waals surface area contributed by atoms with Crippen molar-refractivity contribution in [3.05, 3.63) is 47.8 Å². The van der Waals surface area contributed by atoms with E-state index in [-0.39, 0.29) is 5.82 Å². The van der Waals surface area contributed by atoms with Crippen LogP contribution < -0.4 is 0 Å². The van der Waals surface area contributed by atoms with E-state index >= 15 is 0 Å². The molecular formula is C10H9FN4. The fourth-order valence-electron chi connectivity index (χ4n) is 1.08. The van der Waals surface area contributed by atoms with Crippen molar-refractivity contribution in [3.63, 3.8) is 0 Å². The second-order valence-electron chi connectivity index (χ2n) is 3.02. The van der Waals surface area contributed by atoms with Crippen molar-refractivity contribution in [1.29, 1.82) is 0 Å². The average Bonchev–Trinajstić information content (AvgIpc) is 2.63. The van der Waals surface area contributed by atoms with E-state index in [2.05, 4.69) is 15.3 Å². The molecule has 76 valence electrons. The van der Waals surface area contributed by atoms with Crippen LogP contribution in [0.3, 0.4) is 0 Å². The third-order valence-electron chi connectivity index (χ3n) is 1.90. The molecule has 0 saturated carbocycles. The topological polar surface area (TPSA) is 43.1 Å². The minimum Gasteiger partial charge on any atom is -0.207 e. The summed E-state index contributed by atoms with van der Waals surface area (Å²) in [5, 5.41) is 11.6. The van der Waals surface area contributed by atoms with Gasteiger partial charge in [0.15, 0.2) is 5.82 Å². The summed E-state index contributed by atoms with van der Waals surface area (Å²) in [6.07, 6.45) is 3.13. The SMILES string of the molecule is Cc1nncn1N=Cc1ccc(F)cc1. The normalized spacial score (nSPS) is 11.1. The summed E-state index contributed by atoms with van der Waals surface area (Å²) < 4.78 is 14.1. The molecule has 0 unspecified atom stereocenters. The Morgan fingerprint density at radius 3 is 2.67 bits per heavy atom. The maximum Gasteiger partial charge on any atom is 0.151 e. The van der Waals surface area contributed by atoms with Crippen molar-refractivity contribution < 1.29 is 4.39 Å². The first-order valence-electron chi connectivity index (χ1n) is 4.42. The van der Waals surface area contributed by atoms with Gasteiger partial charge in [-0.25, -0.2) is 9.07 Å². The summed E-state index contributed by atoms with van der Waals surface area (Å²) in [5.74, 6) is 0.445. The Morgan fingerprint density at radius 2 is 2.07 bits per heavy atom. The van der Waals surface area contributed by atoms with Gasteiger partial charge in [0, 0.05) is 0 Å². The molecule has 0 fully saturated rings. The summed E-state index contributed by atoms with van der Waals surface area (Å²) in [6, 6.07) is 6.08. The first-order chi connectivity index (χ1) is 7.25. The molecule has 0 aliphatic rings. The van der Waals surface area contributed by atoms with E-state index in [4.69, 9.17) is 0 Å². The standard InChI is InChI=1S/C10H9FN4/c1-8-14-12-7-15(8)13-6-9-2-4-10(11)5-3-9/h2-7H,1H3. The van der Waals surface area contributed by atoms with Crippen LogP contribution in [-0.2, 0) is 0 Å². The molecule has 15 heavy (non-hydrogen) atoms. The van der Waals surface area contributed by atoms with E-state index < -0.39 is 0 Å². The molecule has 0 atom stereocenters. The molecular weight excluding hydrogens is 195 g/mol. The van der Waals surface area contributed by atoms with Gasteiger partial charge >= 0.3 is 0 Å². The third kappa shape index (κ3) is 2.25. The minimum absolute atomic E-state index is 0.257. The number of hydrogen-bond donors (Lipinski definition) is 0. The van der Waals surface area contributed by atoms with Crippen LogP contribution in [0.2, 0.25) is 0 Å². The third-order valence-corrected chi connectivity index (χ3v) is 1.90. The Hall–Kier alpha value is -2.04. The number of benzene rings is 1. The molecule has 0 saturated heterocycles. The van der Waals surface area contributed by atoms with Crippen LogP contribution in [0.5, 0.6) is 0 Å². The summed E-state index contributed by atoms with van der Waals surface area (Å²) in [4.78, 5) is 0. The Kier molecular flexibility index (Phi) is 2.53. The van der Waals surface area contributed by atoms with Crippen LogP contribution in [-0.4, -0.2) is 21.1 Å². The largest absolute Gasteiger partial charge is 0.207 e. The maximum atomic E-state index is 12.6. The van der Waals surface area contributed by atoms with Gasteiger partial charge in [0.2, 0.25) is 0 Å². The van der Waals surface area contributed by atoms with Crippen LogP contribution in [0.15, 0.2) is 35.7 Å². The molecule has 1 aromatic carbocycles. The predicted molar refractivity (Wildman–Crippen MR) is 54.2 cm³/mol. The molecule has 5 heteroatoms. The van der Waals surface area contributed by atoms with Gasteiger partial charge in [0.1, 0.15) is 12.1 Å². The van der Waals surface area contributed by atoms with E-state index in [0.717, 1.165) is 5.56 Å².